The number of halogens is 2. The average molecular weight is 348 g/mol. The summed E-state index contributed by atoms with van der Waals surface area (Å²) in [5, 5.41) is 0. The van der Waals surface area contributed by atoms with Crippen molar-refractivity contribution in [1.82, 2.24) is 0 Å². The predicted molar refractivity (Wildman–Crippen MR) is 70.6 cm³/mol. The fourth-order valence-electron chi connectivity index (χ4n) is 1.46. The fourth-order valence-corrected chi connectivity index (χ4v) is 2.08. The van der Waals surface area contributed by atoms with Crippen LogP contribution in [0.25, 0.3) is 0 Å². The molecule has 0 saturated carbocycles. The van der Waals surface area contributed by atoms with Crippen LogP contribution in [0, 0.1) is 5.92 Å². The standard InChI is InChI=1S/C12H12Br2O2/c1-7(5-8(2)15)12(16)9-3-4-10(13)11(14)6-9/h3-4,6-7H,5H2,1-2H3. The van der Waals surface area contributed by atoms with Crippen LogP contribution in [0.4, 0.5) is 0 Å². The first-order chi connectivity index (χ1) is 7.41. The normalized spacial score (nSPS) is 12.2. The SMILES string of the molecule is CC(=O)CC(C)C(=O)c1ccc(Br)c(Br)c1. The Kier molecular flexibility index (Phi) is 4.87. The molecule has 1 aromatic rings. The lowest BCUT2D eigenvalue weighted by Gasteiger charge is -2.09. The van der Waals surface area contributed by atoms with E-state index in [-0.39, 0.29) is 17.5 Å². The molecule has 0 aromatic heterocycles. The fraction of sp³-hybridized carbons (Fsp3) is 0.333. The highest BCUT2D eigenvalue weighted by Crippen LogP contribution is 2.25. The van der Waals surface area contributed by atoms with Gasteiger partial charge in [0.05, 0.1) is 0 Å². The molecular formula is C12H12Br2O2. The molecule has 0 N–H and O–H groups in total. The van der Waals surface area contributed by atoms with E-state index in [9.17, 15) is 9.59 Å². The van der Waals surface area contributed by atoms with E-state index in [0.29, 0.717) is 12.0 Å². The molecule has 86 valence electrons. The Morgan fingerprint density at radius 3 is 2.38 bits per heavy atom. The summed E-state index contributed by atoms with van der Waals surface area (Å²) in [7, 11) is 0. The minimum atomic E-state index is -0.259. The lowest BCUT2D eigenvalue weighted by Crippen LogP contribution is -2.14. The molecule has 2 nitrogen and oxygen atoms in total. The van der Waals surface area contributed by atoms with E-state index in [1.807, 2.05) is 6.07 Å². The molecule has 0 radical (unpaired) electrons. The van der Waals surface area contributed by atoms with Crippen LogP contribution in [-0.4, -0.2) is 11.6 Å². The van der Waals surface area contributed by atoms with Crippen molar-refractivity contribution in [3.8, 4) is 0 Å². The van der Waals surface area contributed by atoms with Crippen LogP contribution in [0.5, 0.6) is 0 Å². The van der Waals surface area contributed by atoms with Crippen molar-refractivity contribution in [2.75, 3.05) is 0 Å². The van der Waals surface area contributed by atoms with Gasteiger partial charge in [-0.25, -0.2) is 0 Å². The maximum absolute atomic E-state index is 12.0. The van der Waals surface area contributed by atoms with Crippen molar-refractivity contribution in [2.24, 2.45) is 5.92 Å². The topological polar surface area (TPSA) is 34.1 Å². The van der Waals surface area contributed by atoms with Crippen LogP contribution in [0.15, 0.2) is 27.1 Å². The van der Waals surface area contributed by atoms with E-state index in [4.69, 9.17) is 0 Å². The van der Waals surface area contributed by atoms with E-state index in [1.165, 1.54) is 6.92 Å². The van der Waals surface area contributed by atoms with Gasteiger partial charge in [-0.3, -0.25) is 4.79 Å². The minimum absolute atomic E-state index is 0.00315. The van der Waals surface area contributed by atoms with Crippen LogP contribution >= 0.6 is 31.9 Å². The van der Waals surface area contributed by atoms with Crippen LogP contribution in [-0.2, 0) is 4.79 Å². The molecule has 0 spiro atoms. The van der Waals surface area contributed by atoms with E-state index >= 15 is 0 Å². The molecule has 16 heavy (non-hydrogen) atoms. The van der Waals surface area contributed by atoms with Crippen LogP contribution in [0.3, 0.4) is 0 Å². The van der Waals surface area contributed by atoms with Gasteiger partial charge in [-0.1, -0.05) is 13.0 Å². The Labute approximate surface area is 112 Å². The second-order valence-electron chi connectivity index (χ2n) is 3.80. The Hall–Kier alpha value is -0.480. The van der Waals surface area contributed by atoms with Gasteiger partial charge in [-0.2, -0.15) is 0 Å². The summed E-state index contributed by atoms with van der Waals surface area (Å²) in [6.07, 6.45) is 0.298. The van der Waals surface area contributed by atoms with Gasteiger partial charge < -0.3 is 4.79 Å². The first-order valence-electron chi connectivity index (χ1n) is 4.90. The number of benzene rings is 1. The number of rotatable bonds is 4. The zero-order valence-corrected chi connectivity index (χ0v) is 12.3. The van der Waals surface area contributed by atoms with Gasteiger partial charge in [-0.05, 0) is 50.9 Å². The number of hydrogen-bond acceptors (Lipinski definition) is 2. The molecule has 1 atom stereocenters. The van der Waals surface area contributed by atoms with Gasteiger partial charge in [0, 0.05) is 26.8 Å². The highest BCUT2D eigenvalue weighted by atomic mass is 79.9. The summed E-state index contributed by atoms with van der Waals surface area (Å²) in [4.78, 5) is 22.9. The number of carbonyl (C=O) groups is 2. The minimum Gasteiger partial charge on any atom is -0.300 e. The van der Waals surface area contributed by atoms with Crippen LogP contribution < -0.4 is 0 Å². The maximum atomic E-state index is 12.0. The lowest BCUT2D eigenvalue weighted by molar-refractivity contribution is -0.117. The van der Waals surface area contributed by atoms with Crippen LogP contribution in [0.2, 0.25) is 0 Å². The third-order valence-electron chi connectivity index (χ3n) is 2.25. The molecule has 0 aliphatic rings. The molecule has 0 aliphatic carbocycles. The molecule has 4 heteroatoms. The Balaban J connectivity index is 2.88. The quantitative estimate of drug-likeness (QED) is 0.771. The second-order valence-corrected chi connectivity index (χ2v) is 5.51. The van der Waals surface area contributed by atoms with Gasteiger partial charge in [0.25, 0.3) is 0 Å². The molecule has 1 rings (SSSR count). The van der Waals surface area contributed by atoms with E-state index in [1.54, 1.807) is 19.1 Å². The van der Waals surface area contributed by atoms with Crippen molar-refractivity contribution in [3.63, 3.8) is 0 Å². The van der Waals surface area contributed by atoms with E-state index in [0.717, 1.165) is 8.95 Å². The van der Waals surface area contributed by atoms with Crippen molar-refractivity contribution in [2.45, 2.75) is 20.3 Å². The van der Waals surface area contributed by atoms with Gasteiger partial charge in [0.1, 0.15) is 5.78 Å². The molecule has 0 bridgehead atoms. The van der Waals surface area contributed by atoms with Gasteiger partial charge in [-0.15, -0.1) is 0 Å². The largest absolute Gasteiger partial charge is 0.300 e. The van der Waals surface area contributed by atoms with Gasteiger partial charge in [0.2, 0.25) is 0 Å². The van der Waals surface area contributed by atoms with Gasteiger partial charge in [0.15, 0.2) is 5.78 Å². The molecule has 0 fully saturated rings. The third kappa shape index (κ3) is 3.52. The molecular weight excluding hydrogens is 336 g/mol. The van der Waals surface area contributed by atoms with Crippen molar-refractivity contribution in [3.05, 3.63) is 32.7 Å². The summed E-state index contributed by atoms with van der Waals surface area (Å²) in [5.41, 5.74) is 0.629. The van der Waals surface area contributed by atoms with Crippen molar-refractivity contribution >= 4 is 43.4 Å². The summed E-state index contributed by atoms with van der Waals surface area (Å²) in [6.45, 7) is 3.28. The van der Waals surface area contributed by atoms with Crippen molar-refractivity contribution < 1.29 is 9.59 Å². The number of Topliss-reactive ketones (excluding diaryl/α,β-unsaturated/α-hetero) is 2. The number of hydrogen-bond donors (Lipinski definition) is 0. The summed E-state index contributed by atoms with van der Waals surface area (Å²) < 4.78 is 1.75. The van der Waals surface area contributed by atoms with Crippen molar-refractivity contribution in [1.29, 1.82) is 0 Å². The molecule has 1 unspecified atom stereocenters. The predicted octanol–water partition coefficient (Wildman–Crippen LogP) is 4.01. The zero-order chi connectivity index (χ0) is 12.3. The van der Waals surface area contributed by atoms with E-state index in [2.05, 4.69) is 31.9 Å². The Morgan fingerprint density at radius 2 is 1.88 bits per heavy atom. The van der Waals surface area contributed by atoms with Crippen LogP contribution in [0.1, 0.15) is 30.6 Å². The number of ketones is 2. The highest BCUT2D eigenvalue weighted by Gasteiger charge is 2.17. The van der Waals surface area contributed by atoms with Gasteiger partial charge >= 0.3 is 0 Å². The molecule has 0 aliphatic heterocycles. The van der Waals surface area contributed by atoms with E-state index < -0.39 is 0 Å². The summed E-state index contributed by atoms with van der Waals surface area (Å²) in [5.74, 6) is -0.217. The highest BCUT2D eigenvalue weighted by molar-refractivity contribution is 9.13. The average Bonchev–Trinajstić information content (AvgIpc) is 2.20. The number of carbonyl (C=O) groups excluding carboxylic acids is 2. The third-order valence-corrected chi connectivity index (χ3v) is 4.13. The Morgan fingerprint density at radius 1 is 1.25 bits per heavy atom. The smallest absolute Gasteiger partial charge is 0.166 e. The molecule has 1 aromatic carbocycles. The molecule has 0 amide bonds. The zero-order valence-electron chi connectivity index (χ0n) is 9.09. The monoisotopic (exact) mass is 346 g/mol. The summed E-state index contributed by atoms with van der Waals surface area (Å²) >= 11 is 6.69. The molecule has 0 heterocycles. The maximum Gasteiger partial charge on any atom is 0.166 e. The Bertz CT molecular complexity index is 427. The first-order valence-corrected chi connectivity index (χ1v) is 6.49. The second kappa shape index (κ2) is 5.73. The summed E-state index contributed by atoms with van der Waals surface area (Å²) in [6, 6.07) is 5.34. The first kappa shape index (κ1) is 13.6. The molecule has 0 saturated heterocycles. The lowest BCUT2D eigenvalue weighted by atomic mass is 9.95.